The fraction of sp³-hybridized carbons (Fsp3) is 0.220. The number of carbonyl (C=O) groups excluding carboxylic acids is 5. The number of hydrogen-bond donors (Lipinski definition) is 7. The number of aromatic nitrogens is 2. The molecule has 376 valence electrons. The third-order valence-corrected chi connectivity index (χ3v) is 13.7. The first kappa shape index (κ1) is 50.0. The van der Waals surface area contributed by atoms with Gasteiger partial charge in [-0.3, -0.25) is 24.0 Å². The molecule has 2 aliphatic heterocycles. The van der Waals surface area contributed by atoms with Crippen LogP contribution in [0.15, 0.2) is 170 Å². The molecule has 0 aliphatic carbocycles. The van der Waals surface area contributed by atoms with Gasteiger partial charge in [0.25, 0.3) is 5.91 Å². The summed E-state index contributed by atoms with van der Waals surface area (Å²) >= 11 is 0. The third-order valence-electron chi connectivity index (χ3n) is 13.7. The Balaban J connectivity index is 1.08. The fourth-order valence-electron chi connectivity index (χ4n) is 9.44. The second-order valence-corrected chi connectivity index (χ2v) is 18.7. The zero-order valence-corrected chi connectivity index (χ0v) is 40.8. The highest BCUT2D eigenvalue weighted by molar-refractivity contribution is 5.97. The summed E-state index contributed by atoms with van der Waals surface area (Å²) in [6.07, 6.45) is 3.96. The van der Waals surface area contributed by atoms with E-state index in [0.717, 1.165) is 44.1 Å². The Hall–Kier alpha value is -8.98. The molecule has 4 heterocycles. The molecular weight excluding hydrogens is 935 g/mol. The van der Waals surface area contributed by atoms with Crippen molar-refractivity contribution in [3.8, 4) is 16.9 Å². The summed E-state index contributed by atoms with van der Waals surface area (Å²) in [5.41, 5.74) is 7.23. The monoisotopic (exact) mass is 991 g/mol. The van der Waals surface area contributed by atoms with Gasteiger partial charge in [0.05, 0.1) is 0 Å². The predicted octanol–water partition coefficient (Wildman–Crippen LogP) is 6.46. The van der Waals surface area contributed by atoms with Gasteiger partial charge in [0.1, 0.15) is 36.0 Å². The van der Waals surface area contributed by atoms with Gasteiger partial charge in [0.15, 0.2) is 6.61 Å². The van der Waals surface area contributed by atoms with Crippen LogP contribution in [0.3, 0.4) is 0 Å². The van der Waals surface area contributed by atoms with Crippen LogP contribution >= 0.6 is 0 Å². The summed E-state index contributed by atoms with van der Waals surface area (Å²) in [5, 5.41) is 23.5. The minimum atomic E-state index is -1.32. The number of carboxylic acid groups (broad SMARTS) is 1. The molecule has 8 aromatic rings. The van der Waals surface area contributed by atoms with Crippen LogP contribution in [0, 0.1) is 0 Å². The van der Waals surface area contributed by atoms with Crippen LogP contribution in [0.4, 0.5) is 0 Å². The minimum absolute atomic E-state index is 0.00673. The summed E-state index contributed by atoms with van der Waals surface area (Å²) in [7, 11) is 1.52. The lowest BCUT2D eigenvalue weighted by atomic mass is 9.98. The Morgan fingerprint density at radius 3 is 1.82 bits per heavy atom. The van der Waals surface area contributed by atoms with E-state index in [4.69, 9.17) is 4.74 Å². The molecule has 2 aromatic heterocycles. The molecule has 0 spiro atoms. The summed E-state index contributed by atoms with van der Waals surface area (Å²) < 4.78 is 5.97. The molecule has 0 saturated carbocycles. The van der Waals surface area contributed by atoms with Crippen molar-refractivity contribution in [1.82, 2.24) is 36.1 Å². The predicted molar refractivity (Wildman–Crippen MR) is 282 cm³/mol. The van der Waals surface area contributed by atoms with Crippen molar-refractivity contribution in [1.29, 1.82) is 0 Å². The highest BCUT2D eigenvalue weighted by atomic mass is 16.5. The van der Waals surface area contributed by atoms with Gasteiger partial charge in [-0.25, -0.2) is 4.79 Å². The third kappa shape index (κ3) is 12.2. The Morgan fingerprint density at radius 1 is 0.622 bits per heavy atom. The van der Waals surface area contributed by atoms with E-state index in [1.54, 1.807) is 36.7 Å². The van der Waals surface area contributed by atoms with E-state index in [2.05, 4.69) is 31.2 Å². The molecule has 6 aromatic carbocycles. The number of likely N-dealkylation sites (N-methyl/N-ethyl adjacent to an activating group) is 1. The lowest BCUT2D eigenvalue weighted by Gasteiger charge is -2.30. The average molecular weight is 992 g/mol. The fourth-order valence-corrected chi connectivity index (χ4v) is 9.44. The lowest BCUT2D eigenvalue weighted by Crippen LogP contribution is -2.60. The number of nitrogens with one attached hydrogen (secondary N) is 6. The van der Waals surface area contributed by atoms with E-state index >= 15 is 4.79 Å². The van der Waals surface area contributed by atoms with Gasteiger partial charge in [-0.15, -0.1) is 0 Å². The Bertz CT molecular complexity index is 3260. The molecule has 0 fully saturated rings. The second-order valence-electron chi connectivity index (χ2n) is 18.7. The molecule has 10 rings (SSSR count). The number of aromatic amines is 2. The van der Waals surface area contributed by atoms with E-state index in [0.29, 0.717) is 28.9 Å². The Labute approximate surface area is 427 Å². The second kappa shape index (κ2) is 23.1. The van der Waals surface area contributed by atoms with Gasteiger partial charge >= 0.3 is 5.97 Å². The number of benzene rings is 6. The Morgan fingerprint density at radius 2 is 1.18 bits per heavy atom. The summed E-state index contributed by atoms with van der Waals surface area (Å²) in [6, 6.07) is 42.1. The molecule has 0 radical (unpaired) electrons. The van der Waals surface area contributed by atoms with Gasteiger partial charge < -0.3 is 46.0 Å². The van der Waals surface area contributed by atoms with E-state index in [1.165, 1.54) is 11.9 Å². The van der Waals surface area contributed by atoms with E-state index in [1.807, 2.05) is 133 Å². The molecule has 15 heteroatoms. The number of aryl methyl sites for hydroxylation is 1. The van der Waals surface area contributed by atoms with Gasteiger partial charge in [-0.1, -0.05) is 133 Å². The Kier molecular flexibility index (Phi) is 15.6. The van der Waals surface area contributed by atoms with Gasteiger partial charge in [0, 0.05) is 66.9 Å². The number of amides is 5. The van der Waals surface area contributed by atoms with Crippen molar-refractivity contribution in [3.05, 3.63) is 198 Å². The first-order valence-corrected chi connectivity index (χ1v) is 24.7. The molecule has 15 nitrogen and oxygen atoms in total. The van der Waals surface area contributed by atoms with Crippen LogP contribution < -0.4 is 26.0 Å². The first-order valence-electron chi connectivity index (χ1n) is 24.7. The quantitative estimate of drug-likeness (QED) is 0.0635. The largest absolute Gasteiger partial charge is 0.484 e. The highest BCUT2D eigenvalue weighted by Gasteiger charge is 2.35. The number of fused-ring (bicyclic) bond motifs is 18. The lowest BCUT2D eigenvalue weighted by molar-refractivity contribution is -0.142. The zero-order valence-electron chi connectivity index (χ0n) is 40.8. The standard InChI is InChI=1S/C59H57N7O8/c1-66-53(33-43-35-61-48-19-11-9-17-46(43)48)58(71)65-51(30-38-20-25-41(26-21-38)40-14-6-3-7-15-40)56(69)64-52(32-42-34-60-47-18-10-8-16-45(42)47)57(70)63-50(31-39-22-27-44(28-23-39)74-36-54(66)67)55(68)62-49(59(72)73)29-24-37-12-4-2-5-13-37/h2-23,25-28,34-35,49-53,60-61H,24,29-33,36H2,1H3,(H,62,68)(H,63,70)(H,64,69)(H,65,71)(H,72,73)/t49-,50+,51-,52+,53+/m1/s1. The molecule has 5 amide bonds. The smallest absolute Gasteiger partial charge is 0.326 e. The summed E-state index contributed by atoms with van der Waals surface area (Å²) in [4.78, 5) is 94.0. The topological polar surface area (TPSA) is 215 Å². The van der Waals surface area contributed by atoms with Crippen molar-refractivity contribution in [2.75, 3.05) is 13.7 Å². The number of hydrogen-bond acceptors (Lipinski definition) is 7. The number of rotatable bonds is 13. The van der Waals surface area contributed by atoms with E-state index in [9.17, 15) is 29.1 Å². The van der Waals surface area contributed by atoms with Crippen LogP contribution in [0.5, 0.6) is 5.75 Å². The number of carboxylic acids is 1. The number of H-pyrrole nitrogens is 2. The van der Waals surface area contributed by atoms with Crippen molar-refractivity contribution in [3.63, 3.8) is 0 Å². The normalized spacial score (nSPS) is 18.3. The van der Waals surface area contributed by atoms with E-state index in [-0.39, 0.29) is 32.1 Å². The van der Waals surface area contributed by atoms with E-state index < -0.39 is 72.3 Å². The van der Waals surface area contributed by atoms with Crippen molar-refractivity contribution < 1.29 is 38.6 Å². The summed E-state index contributed by atoms with van der Waals surface area (Å²) in [6.45, 7) is -0.429. The number of aliphatic carboxylic acids is 1. The molecule has 5 atom stereocenters. The van der Waals surface area contributed by atoms with Crippen molar-refractivity contribution in [2.45, 2.75) is 68.7 Å². The molecule has 0 saturated heterocycles. The molecule has 0 unspecified atom stereocenters. The minimum Gasteiger partial charge on any atom is -0.484 e. The SMILES string of the molecule is CN1C(=O)COc2ccc(cc2)C[C@@H](C(=O)N[C@H](CCc2ccccc2)C(=O)O)NC(=O)[C@H](Cc2c[nH]c3ccccc23)NC(=O)[C@@H](Cc2ccc(-c3ccccc3)cc2)NC(=O)[C@@H]1Cc1c[nH]c2ccccc12. The average Bonchev–Trinajstić information content (AvgIpc) is 4.04. The molecule has 2 aliphatic rings. The number of carbonyl (C=O) groups is 6. The number of ether oxygens (including phenoxy) is 1. The van der Waals surface area contributed by atoms with Crippen LogP contribution in [0.25, 0.3) is 32.9 Å². The van der Waals surface area contributed by atoms with Crippen LogP contribution in [0.1, 0.15) is 34.2 Å². The maximum Gasteiger partial charge on any atom is 0.326 e. The number of para-hydroxylation sites is 2. The molecule has 74 heavy (non-hydrogen) atoms. The molecule has 2 bridgehead atoms. The number of nitrogens with zero attached hydrogens (tertiary/aromatic N) is 1. The first-order chi connectivity index (χ1) is 35.9. The van der Waals surface area contributed by atoms with Crippen LogP contribution in [-0.2, 0) is 60.9 Å². The van der Waals surface area contributed by atoms with Crippen LogP contribution in [-0.4, -0.2) is 99.3 Å². The maximum absolute atomic E-state index is 15.1. The van der Waals surface area contributed by atoms with Crippen LogP contribution in [0.2, 0.25) is 0 Å². The highest BCUT2D eigenvalue weighted by Crippen LogP contribution is 2.24. The van der Waals surface area contributed by atoms with Crippen molar-refractivity contribution in [2.24, 2.45) is 0 Å². The molecule has 7 N–H and O–H groups in total. The molecular formula is C59H57N7O8. The van der Waals surface area contributed by atoms with Crippen molar-refractivity contribution >= 4 is 57.3 Å². The summed E-state index contributed by atoms with van der Waals surface area (Å²) in [5.74, 6) is -4.21. The van der Waals surface area contributed by atoms with Gasteiger partial charge in [0.2, 0.25) is 23.6 Å². The zero-order chi connectivity index (χ0) is 51.6. The van der Waals surface area contributed by atoms with Gasteiger partial charge in [-0.2, -0.15) is 0 Å². The maximum atomic E-state index is 15.1. The van der Waals surface area contributed by atoms with Gasteiger partial charge in [-0.05, 0) is 76.1 Å².